The zero-order valence-electron chi connectivity index (χ0n) is 20.3. The van der Waals surface area contributed by atoms with Gasteiger partial charge in [0.25, 0.3) is 16.0 Å². The van der Waals surface area contributed by atoms with Crippen LogP contribution in [0.1, 0.15) is 15.9 Å². The van der Waals surface area contributed by atoms with Crippen LogP contribution < -0.4 is 44.7 Å². The van der Waals surface area contributed by atoms with Gasteiger partial charge in [0.2, 0.25) is 0 Å². The van der Waals surface area contributed by atoms with Crippen LogP contribution in [-0.4, -0.2) is 26.0 Å². The van der Waals surface area contributed by atoms with Crippen LogP contribution in [-0.2, 0) is 10.1 Å². The first-order chi connectivity index (χ1) is 17.5. The van der Waals surface area contributed by atoms with Gasteiger partial charge in [0.05, 0.1) is 23.5 Å². The van der Waals surface area contributed by atoms with E-state index in [4.69, 9.17) is 27.9 Å². The number of hydrogen-bond acceptors (Lipinski definition) is 7. The van der Waals surface area contributed by atoms with Gasteiger partial charge in [-0.05, 0) is 48.2 Å². The second-order valence-corrected chi connectivity index (χ2v) is 10.0. The molecule has 0 unspecified atom stereocenters. The number of nitrogens with one attached hydrogen (secondary N) is 1. The maximum atomic E-state index is 13.4. The van der Waals surface area contributed by atoms with Crippen LogP contribution in [0.5, 0.6) is 11.5 Å². The molecule has 0 spiro atoms. The van der Waals surface area contributed by atoms with Crippen molar-refractivity contribution in [1.82, 2.24) is 0 Å². The molecular formula is C25H18Cl2N3NaO6S. The molecule has 0 heterocycles. The number of halogens is 2. The van der Waals surface area contributed by atoms with Crippen LogP contribution in [0, 0.1) is 6.92 Å². The second-order valence-electron chi connectivity index (χ2n) is 7.82. The Balaban J connectivity index is 0.00000400. The molecule has 0 radical (unpaired) electrons. The number of anilines is 1. The summed E-state index contributed by atoms with van der Waals surface area (Å²) in [5.74, 6) is -1.16. The standard InChI is InChI=1S/C25H19Cl2N3O6S.Na/c1-13-19(27)11-15(12-21(13)37(33,34)35)29-30-22-16-7-4-3-6-14(16)10-17(24(22)31)25(32)28-23-18(26)8-5-9-20(23)36-2;/h3-12,31H,1-2H3,(H,28,32)(H,33,34,35);/q;+1/p-1. The van der Waals surface area contributed by atoms with Crippen molar-refractivity contribution in [3.8, 4) is 11.5 Å². The van der Waals surface area contributed by atoms with E-state index in [1.54, 1.807) is 42.5 Å². The van der Waals surface area contributed by atoms with Crippen molar-refractivity contribution in [2.75, 3.05) is 12.4 Å². The normalized spacial score (nSPS) is 11.4. The van der Waals surface area contributed by atoms with E-state index in [2.05, 4.69) is 15.5 Å². The van der Waals surface area contributed by atoms with Gasteiger partial charge in [-0.1, -0.05) is 59.3 Å². The molecule has 0 fully saturated rings. The summed E-state index contributed by atoms with van der Waals surface area (Å²) in [4.78, 5) is 12.7. The number of azo groups is 1. The van der Waals surface area contributed by atoms with Crippen molar-refractivity contribution < 1.29 is 57.2 Å². The minimum absolute atomic E-state index is 0. The zero-order chi connectivity index (χ0) is 26.9. The molecule has 4 aromatic carbocycles. The predicted octanol–water partition coefficient (Wildman–Crippen LogP) is 3.46. The molecule has 13 heteroatoms. The molecule has 1 amide bonds. The average Bonchev–Trinajstić information content (AvgIpc) is 2.85. The van der Waals surface area contributed by atoms with Crippen molar-refractivity contribution in [1.29, 1.82) is 0 Å². The number of fused-ring (bicyclic) bond motifs is 1. The van der Waals surface area contributed by atoms with Gasteiger partial charge in [0.1, 0.15) is 16.3 Å². The van der Waals surface area contributed by atoms with Crippen LogP contribution in [0.3, 0.4) is 0 Å². The Labute approximate surface area is 250 Å². The summed E-state index contributed by atoms with van der Waals surface area (Å²) in [7, 11) is -3.17. The molecule has 4 rings (SSSR count). The summed E-state index contributed by atoms with van der Waals surface area (Å²) in [6, 6.07) is 15.4. The fourth-order valence-electron chi connectivity index (χ4n) is 3.63. The number of para-hydroxylation sites is 1. The first kappa shape index (κ1) is 29.9. The number of carbonyl (C=O) groups is 1. The van der Waals surface area contributed by atoms with Crippen molar-refractivity contribution in [3.63, 3.8) is 0 Å². The Morgan fingerprint density at radius 1 is 1.03 bits per heavy atom. The van der Waals surface area contributed by atoms with E-state index in [1.807, 2.05) is 0 Å². The third-order valence-electron chi connectivity index (χ3n) is 5.48. The summed E-state index contributed by atoms with van der Waals surface area (Å²) < 4.78 is 38.2. The molecule has 2 N–H and O–H groups in total. The molecule has 9 nitrogen and oxygen atoms in total. The molecule has 0 saturated heterocycles. The predicted molar refractivity (Wildman–Crippen MR) is 140 cm³/mol. The van der Waals surface area contributed by atoms with Crippen molar-refractivity contribution in [2.24, 2.45) is 10.2 Å². The van der Waals surface area contributed by atoms with E-state index in [-0.39, 0.29) is 67.8 Å². The largest absolute Gasteiger partial charge is 1.00 e. The number of nitrogens with zero attached hydrogens (tertiary/aromatic N) is 2. The third-order valence-corrected chi connectivity index (χ3v) is 7.17. The molecule has 0 saturated carbocycles. The number of amides is 1. The van der Waals surface area contributed by atoms with E-state index >= 15 is 0 Å². The number of benzene rings is 4. The molecule has 0 bridgehead atoms. The van der Waals surface area contributed by atoms with E-state index in [0.717, 1.165) is 6.07 Å². The number of ether oxygens (including phenoxy) is 1. The Bertz CT molecular complexity index is 1700. The minimum Gasteiger partial charge on any atom is -0.870 e. The maximum Gasteiger partial charge on any atom is 1.00 e. The molecule has 0 aliphatic carbocycles. The summed E-state index contributed by atoms with van der Waals surface area (Å²) in [6.45, 7) is 1.42. The third kappa shape index (κ3) is 6.13. The molecule has 0 aliphatic heterocycles. The summed E-state index contributed by atoms with van der Waals surface area (Å²) in [5, 5.41) is 25.2. The molecule has 0 atom stereocenters. The van der Waals surface area contributed by atoms with Gasteiger partial charge in [0.15, 0.2) is 0 Å². The number of carbonyl (C=O) groups excluding carboxylic acids is 1. The Morgan fingerprint density at radius 3 is 2.42 bits per heavy atom. The van der Waals surface area contributed by atoms with Gasteiger partial charge in [-0.25, -0.2) is 0 Å². The Kier molecular flexibility index (Phi) is 9.43. The van der Waals surface area contributed by atoms with Crippen molar-refractivity contribution in [3.05, 3.63) is 81.8 Å². The molecule has 38 heavy (non-hydrogen) atoms. The molecule has 0 aliphatic rings. The van der Waals surface area contributed by atoms with E-state index in [0.29, 0.717) is 16.5 Å². The van der Waals surface area contributed by atoms with Gasteiger partial charge in [0, 0.05) is 16.0 Å². The van der Waals surface area contributed by atoms with Crippen molar-refractivity contribution in [2.45, 2.75) is 11.8 Å². The quantitative estimate of drug-likeness (QED) is 0.203. The van der Waals surface area contributed by atoms with Crippen LogP contribution >= 0.6 is 23.2 Å². The van der Waals surface area contributed by atoms with Gasteiger partial charge in [-0.3, -0.25) is 9.35 Å². The topological polar surface area (TPSA) is 140 Å². The fraction of sp³-hybridized carbons (Fsp3) is 0.0800. The molecule has 190 valence electrons. The maximum absolute atomic E-state index is 13.4. The monoisotopic (exact) mass is 581 g/mol. The van der Waals surface area contributed by atoms with Crippen LogP contribution in [0.2, 0.25) is 10.0 Å². The second kappa shape index (κ2) is 12.0. The van der Waals surface area contributed by atoms with Crippen LogP contribution in [0.25, 0.3) is 10.8 Å². The van der Waals surface area contributed by atoms with Crippen LogP contribution in [0.15, 0.2) is 75.8 Å². The minimum atomic E-state index is -4.58. The van der Waals surface area contributed by atoms with Gasteiger partial charge in [-0.15, -0.1) is 0 Å². The first-order valence-corrected chi connectivity index (χ1v) is 12.8. The van der Waals surface area contributed by atoms with Crippen LogP contribution in [0.4, 0.5) is 17.1 Å². The summed E-state index contributed by atoms with van der Waals surface area (Å²) >= 11 is 12.3. The molecule has 0 aromatic heterocycles. The van der Waals surface area contributed by atoms with Gasteiger partial charge >= 0.3 is 29.6 Å². The smallest absolute Gasteiger partial charge is 0.870 e. The number of rotatable bonds is 6. The Hall–Kier alpha value is -2.70. The van der Waals surface area contributed by atoms with E-state index < -0.39 is 26.7 Å². The molecule has 4 aromatic rings. The number of hydrogen-bond donors (Lipinski definition) is 2. The number of methoxy groups -OCH3 is 1. The summed E-state index contributed by atoms with van der Waals surface area (Å²) in [5.41, 5.74) is -0.0804. The Morgan fingerprint density at radius 2 is 1.74 bits per heavy atom. The van der Waals surface area contributed by atoms with Gasteiger partial charge in [-0.2, -0.15) is 18.6 Å². The zero-order valence-corrected chi connectivity index (χ0v) is 24.6. The fourth-order valence-corrected chi connectivity index (χ4v) is 4.88. The molecular weight excluding hydrogens is 564 g/mol. The first-order valence-electron chi connectivity index (χ1n) is 10.6. The summed E-state index contributed by atoms with van der Waals surface area (Å²) in [6.07, 6.45) is 0. The van der Waals surface area contributed by atoms with Crippen molar-refractivity contribution >= 4 is 67.1 Å². The average molecular weight is 582 g/mol. The van der Waals surface area contributed by atoms with E-state index in [9.17, 15) is 22.9 Å². The van der Waals surface area contributed by atoms with E-state index in [1.165, 1.54) is 26.2 Å². The SMILES string of the molecule is COc1cccc(Cl)c1NC(=O)c1cc2ccccc2c(N=Nc2cc(Cl)c(C)c(S(=O)(=O)O)c2)c1[O-].[Na+]. The van der Waals surface area contributed by atoms with Gasteiger partial charge < -0.3 is 15.2 Å².